The quantitative estimate of drug-likeness (QED) is 0.506. The zero-order chi connectivity index (χ0) is 21.7. The van der Waals surface area contributed by atoms with Crippen LogP contribution in [-0.2, 0) is 15.1 Å². The predicted octanol–water partition coefficient (Wildman–Crippen LogP) is 3.17. The molecule has 1 aromatic carbocycles. The lowest BCUT2D eigenvalue weighted by molar-refractivity contribution is -0.135. The molecule has 1 unspecified atom stereocenters. The molecule has 0 bridgehead atoms. The summed E-state index contributed by atoms with van der Waals surface area (Å²) in [5.41, 5.74) is 1.77. The number of hydrogen-bond acceptors (Lipinski definition) is 4. The average molecular weight is 414 g/mol. The number of ether oxygens (including phenoxy) is 1. The topological polar surface area (TPSA) is 87.7 Å². The van der Waals surface area contributed by atoms with Crippen molar-refractivity contribution >= 4 is 17.8 Å². The van der Waals surface area contributed by atoms with Crippen LogP contribution in [0.4, 0.5) is 4.79 Å². The molecule has 162 valence electrons. The second-order valence-electron chi connectivity index (χ2n) is 7.97. The second-order valence-corrected chi connectivity index (χ2v) is 7.97. The van der Waals surface area contributed by atoms with Gasteiger partial charge in [-0.15, -0.1) is 0 Å². The molecule has 2 N–H and O–H groups in total. The van der Waals surface area contributed by atoms with Crippen LogP contribution in [0.3, 0.4) is 0 Å². The summed E-state index contributed by atoms with van der Waals surface area (Å²) in [7, 11) is 1.59. The normalized spacial score (nSPS) is 21.3. The molecule has 0 radical (unpaired) electrons. The van der Waals surface area contributed by atoms with Crippen molar-refractivity contribution in [3.63, 3.8) is 0 Å². The summed E-state index contributed by atoms with van der Waals surface area (Å²) in [6.07, 6.45) is 8.07. The lowest BCUT2D eigenvalue weighted by Gasteiger charge is -2.26. The van der Waals surface area contributed by atoms with Crippen molar-refractivity contribution in [3.05, 3.63) is 41.0 Å². The second kappa shape index (κ2) is 9.32. The molecule has 3 rings (SSSR count). The summed E-state index contributed by atoms with van der Waals surface area (Å²) in [6, 6.07) is 4.88. The molecule has 2 aliphatic rings. The number of nitrogens with zero attached hydrogens (tertiary/aromatic N) is 1. The molecular formula is C23H31N3O4. The fourth-order valence-corrected chi connectivity index (χ4v) is 4.25. The Kier molecular flexibility index (Phi) is 6.80. The number of methoxy groups -OCH3 is 1. The number of rotatable bonds is 8. The fourth-order valence-electron chi connectivity index (χ4n) is 4.25. The maximum atomic E-state index is 13.2. The maximum absolute atomic E-state index is 13.2. The van der Waals surface area contributed by atoms with Crippen LogP contribution >= 0.6 is 0 Å². The first-order valence-electron chi connectivity index (χ1n) is 10.6. The number of urea groups is 1. The minimum atomic E-state index is -1.17. The Morgan fingerprint density at radius 3 is 2.73 bits per heavy atom. The van der Waals surface area contributed by atoms with Crippen LogP contribution in [0.1, 0.15) is 56.6 Å². The molecule has 7 nitrogen and oxygen atoms in total. The number of carbonyl (C=O) groups is 3. The Morgan fingerprint density at radius 2 is 2.10 bits per heavy atom. The molecule has 7 heteroatoms. The first-order valence-corrected chi connectivity index (χ1v) is 10.6. The van der Waals surface area contributed by atoms with Crippen LogP contribution < -0.4 is 15.4 Å². The van der Waals surface area contributed by atoms with E-state index in [1.54, 1.807) is 19.2 Å². The molecule has 1 aliphatic heterocycles. The number of nitrogens with one attached hydrogen (secondary N) is 2. The average Bonchev–Trinajstić information content (AvgIpc) is 2.99. The van der Waals surface area contributed by atoms with Crippen LogP contribution in [-0.4, -0.2) is 42.9 Å². The van der Waals surface area contributed by atoms with Crippen LogP contribution in [0.5, 0.6) is 5.75 Å². The number of allylic oxidation sites excluding steroid dienone is 1. The monoisotopic (exact) mass is 413 g/mol. The SMILES string of the molecule is CCC1(c2ccc(OC)c(C)c2)NC(=O)N(CC(=O)NCCC2=CCCCC2)C1=O. The molecule has 1 aliphatic carbocycles. The minimum absolute atomic E-state index is 0.277. The lowest BCUT2D eigenvalue weighted by Crippen LogP contribution is -2.45. The molecule has 1 saturated heterocycles. The number of benzene rings is 1. The first-order chi connectivity index (χ1) is 14.4. The van der Waals surface area contributed by atoms with Gasteiger partial charge < -0.3 is 15.4 Å². The van der Waals surface area contributed by atoms with E-state index in [0.717, 1.165) is 29.7 Å². The Bertz CT molecular complexity index is 864. The van der Waals surface area contributed by atoms with Gasteiger partial charge in [0, 0.05) is 6.54 Å². The van der Waals surface area contributed by atoms with Crippen molar-refractivity contribution in [1.29, 1.82) is 0 Å². The number of aryl methyl sites for hydroxylation is 1. The van der Waals surface area contributed by atoms with Crippen LogP contribution in [0.2, 0.25) is 0 Å². The van der Waals surface area contributed by atoms with Gasteiger partial charge in [0.25, 0.3) is 5.91 Å². The first kappa shape index (κ1) is 21.9. The highest BCUT2D eigenvalue weighted by atomic mass is 16.5. The zero-order valence-electron chi connectivity index (χ0n) is 18.0. The summed E-state index contributed by atoms with van der Waals surface area (Å²) in [6.45, 7) is 3.98. The molecule has 1 aromatic rings. The highest BCUT2D eigenvalue weighted by molar-refractivity contribution is 6.09. The van der Waals surface area contributed by atoms with Crippen molar-refractivity contribution < 1.29 is 19.1 Å². The predicted molar refractivity (Wildman–Crippen MR) is 114 cm³/mol. The highest BCUT2D eigenvalue weighted by Gasteiger charge is 2.51. The van der Waals surface area contributed by atoms with E-state index in [0.29, 0.717) is 24.3 Å². The molecule has 0 spiro atoms. The minimum Gasteiger partial charge on any atom is -0.496 e. The van der Waals surface area contributed by atoms with E-state index in [1.165, 1.54) is 18.4 Å². The summed E-state index contributed by atoms with van der Waals surface area (Å²) in [5, 5.41) is 5.66. The molecule has 4 amide bonds. The van der Waals surface area contributed by atoms with Crippen LogP contribution in [0.15, 0.2) is 29.8 Å². The molecule has 0 aromatic heterocycles. The van der Waals surface area contributed by atoms with Gasteiger partial charge in [-0.3, -0.25) is 14.5 Å². The van der Waals surface area contributed by atoms with Gasteiger partial charge in [-0.05, 0) is 68.7 Å². The van der Waals surface area contributed by atoms with Crippen LogP contribution in [0.25, 0.3) is 0 Å². The Balaban J connectivity index is 1.66. The largest absolute Gasteiger partial charge is 0.496 e. The Hall–Kier alpha value is -2.83. The Morgan fingerprint density at radius 1 is 1.30 bits per heavy atom. The van der Waals surface area contributed by atoms with E-state index < -0.39 is 17.5 Å². The van der Waals surface area contributed by atoms with Gasteiger partial charge in [0.15, 0.2) is 0 Å². The van der Waals surface area contributed by atoms with Gasteiger partial charge in [-0.2, -0.15) is 0 Å². The van der Waals surface area contributed by atoms with Gasteiger partial charge in [-0.25, -0.2) is 4.79 Å². The maximum Gasteiger partial charge on any atom is 0.325 e. The standard InChI is InChI=1S/C23H31N3O4/c1-4-23(18-10-11-19(30-3)16(2)14-18)21(28)26(22(29)25-23)15-20(27)24-13-12-17-8-6-5-7-9-17/h8,10-11,14H,4-7,9,12-13,15H2,1-3H3,(H,24,27)(H,25,29). The summed E-state index contributed by atoms with van der Waals surface area (Å²) in [5.74, 6) is -0.0106. The zero-order valence-corrected chi connectivity index (χ0v) is 18.0. The third-order valence-electron chi connectivity index (χ3n) is 6.05. The molecular weight excluding hydrogens is 382 g/mol. The van der Waals surface area contributed by atoms with Crippen molar-refractivity contribution in [3.8, 4) is 5.75 Å². The van der Waals surface area contributed by atoms with Gasteiger partial charge in [0.2, 0.25) is 5.91 Å². The van der Waals surface area contributed by atoms with E-state index in [4.69, 9.17) is 4.74 Å². The molecule has 1 heterocycles. The Labute approximate surface area is 177 Å². The smallest absolute Gasteiger partial charge is 0.325 e. The van der Waals surface area contributed by atoms with Crippen molar-refractivity contribution in [1.82, 2.24) is 15.5 Å². The van der Waals surface area contributed by atoms with Gasteiger partial charge >= 0.3 is 6.03 Å². The van der Waals surface area contributed by atoms with Gasteiger partial charge in [0.1, 0.15) is 17.8 Å². The molecule has 1 atom stereocenters. The summed E-state index contributed by atoms with van der Waals surface area (Å²) in [4.78, 5) is 39.2. The molecule has 1 fully saturated rings. The van der Waals surface area contributed by atoms with E-state index in [1.807, 2.05) is 19.9 Å². The lowest BCUT2D eigenvalue weighted by atomic mass is 9.86. The van der Waals surface area contributed by atoms with Crippen molar-refractivity contribution in [2.75, 3.05) is 20.2 Å². The van der Waals surface area contributed by atoms with E-state index in [9.17, 15) is 14.4 Å². The third-order valence-corrected chi connectivity index (χ3v) is 6.05. The van der Waals surface area contributed by atoms with E-state index in [-0.39, 0.29) is 12.5 Å². The van der Waals surface area contributed by atoms with E-state index >= 15 is 0 Å². The van der Waals surface area contributed by atoms with E-state index in [2.05, 4.69) is 16.7 Å². The third kappa shape index (κ3) is 4.35. The summed E-state index contributed by atoms with van der Waals surface area (Å²) >= 11 is 0. The van der Waals surface area contributed by atoms with Gasteiger partial charge in [-0.1, -0.05) is 24.6 Å². The molecule has 30 heavy (non-hydrogen) atoms. The van der Waals surface area contributed by atoms with Gasteiger partial charge in [0.05, 0.1) is 7.11 Å². The van der Waals surface area contributed by atoms with Crippen molar-refractivity contribution in [2.24, 2.45) is 0 Å². The molecule has 0 saturated carbocycles. The summed E-state index contributed by atoms with van der Waals surface area (Å²) < 4.78 is 5.29. The number of amides is 4. The number of carbonyl (C=O) groups excluding carboxylic acids is 3. The number of imide groups is 1. The van der Waals surface area contributed by atoms with Crippen molar-refractivity contribution in [2.45, 2.75) is 57.9 Å². The fraction of sp³-hybridized carbons (Fsp3) is 0.522. The number of hydrogen-bond donors (Lipinski definition) is 2. The highest BCUT2D eigenvalue weighted by Crippen LogP contribution is 2.34. The van der Waals surface area contributed by atoms with Crippen LogP contribution in [0, 0.1) is 6.92 Å².